The molecule has 5 nitrogen and oxygen atoms in total. The minimum Gasteiger partial charge on any atom is -0.842 e. The van der Waals surface area contributed by atoms with E-state index in [4.69, 9.17) is 11.6 Å². The maximum atomic E-state index is 13.3. The number of halogens is 1. The third-order valence-corrected chi connectivity index (χ3v) is 5.91. The molecule has 0 bridgehead atoms. The van der Waals surface area contributed by atoms with E-state index in [1.165, 1.54) is 11.3 Å². The zero-order chi connectivity index (χ0) is 17.6. The van der Waals surface area contributed by atoms with Crippen molar-refractivity contribution in [2.45, 2.75) is 25.3 Å². The van der Waals surface area contributed by atoms with Gasteiger partial charge in [-0.2, -0.15) is 4.57 Å². The summed E-state index contributed by atoms with van der Waals surface area (Å²) in [6.45, 7) is 0. The molecule has 3 heterocycles. The smallest absolute Gasteiger partial charge is 0.345 e. The fourth-order valence-electron chi connectivity index (χ4n) is 3.51. The Kier molecular flexibility index (Phi) is 4.09. The average Bonchev–Trinajstić information content (AvgIpc) is 3.06. The molecular formula is C18H16ClN3O2S. The highest BCUT2D eigenvalue weighted by atomic mass is 35.5. The first-order chi connectivity index (χ1) is 12.1. The van der Waals surface area contributed by atoms with E-state index in [9.17, 15) is 9.90 Å². The third kappa shape index (κ3) is 2.65. The van der Waals surface area contributed by atoms with Crippen LogP contribution >= 0.6 is 22.9 Å². The van der Waals surface area contributed by atoms with E-state index < -0.39 is 0 Å². The Balaban J connectivity index is 2.00. The van der Waals surface area contributed by atoms with Crippen LogP contribution in [-0.4, -0.2) is 9.55 Å². The van der Waals surface area contributed by atoms with Gasteiger partial charge in [-0.1, -0.05) is 41.9 Å². The van der Waals surface area contributed by atoms with E-state index in [2.05, 4.69) is 4.98 Å². The number of fused-ring (bicyclic) bond motifs is 1. The lowest BCUT2D eigenvalue weighted by Crippen LogP contribution is -2.49. The second kappa shape index (κ2) is 6.28. The summed E-state index contributed by atoms with van der Waals surface area (Å²) < 4.78 is 3.83. The van der Waals surface area contributed by atoms with Crippen LogP contribution in [0.1, 0.15) is 29.6 Å². The van der Waals surface area contributed by atoms with Gasteiger partial charge < -0.3 is 5.11 Å². The lowest BCUT2D eigenvalue weighted by Gasteiger charge is -2.25. The Bertz CT molecular complexity index is 998. The summed E-state index contributed by atoms with van der Waals surface area (Å²) in [5.74, 6) is 0.515. The molecule has 0 saturated heterocycles. The SMILES string of the molecule is C[n+]1c([O-])c(-c2ccccc2)c(=O)n2c1CCCC2c1cnc(Cl)s1. The fourth-order valence-corrected chi connectivity index (χ4v) is 4.59. The van der Waals surface area contributed by atoms with Gasteiger partial charge in [0.25, 0.3) is 5.82 Å². The molecule has 128 valence electrons. The van der Waals surface area contributed by atoms with Gasteiger partial charge in [0.2, 0.25) is 0 Å². The van der Waals surface area contributed by atoms with Gasteiger partial charge in [0.15, 0.2) is 4.47 Å². The molecule has 1 unspecified atom stereocenters. The number of aromatic nitrogens is 3. The molecule has 0 radical (unpaired) electrons. The minimum atomic E-state index is -0.245. The second-order valence-corrected chi connectivity index (χ2v) is 7.76. The van der Waals surface area contributed by atoms with Crippen LogP contribution in [0, 0.1) is 0 Å². The molecule has 0 spiro atoms. The first-order valence-corrected chi connectivity index (χ1v) is 9.28. The van der Waals surface area contributed by atoms with Crippen molar-refractivity contribution >= 4 is 22.9 Å². The van der Waals surface area contributed by atoms with E-state index in [0.29, 0.717) is 16.5 Å². The zero-order valence-electron chi connectivity index (χ0n) is 13.6. The highest BCUT2D eigenvalue weighted by Gasteiger charge is 2.34. The molecule has 2 aromatic heterocycles. The van der Waals surface area contributed by atoms with Crippen LogP contribution in [0.15, 0.2) is 41.3 Å². The van der Waals surface area contributed by atoms with E-state index >= 15 is 0 Å². The average molecular weight is 374 g/mol. The maximum absolute atomic E-state index is 13.3. The van der Waals surface area contributed by atoms with Crippen LogP contribution in [0.4, 0.5) is 0 Å². The van der Waals surface area contributed by atoms with Gasteiger partial charge in [0.05, 0.1) is 17.8 Å². The first-order valence-electron chi connectivity index (χ1n) is 8.09. The Hall–Kier alpha value is -2.18. The van der Waals surface area contributed by atoms with Gasteiger partial charge in [-0.15, -0.1) is 11.3 Å². The van der Waals surface area contributed by atoms with Crippen molar-refractivity contribution in [2.75, 3.05) is 0 Å². The summed E-state index contributed by atoms with van der Waals surface area (Å²) in [5.41, 5.74) is 0.628. The summed E-state index contributed by atoms with van der Waals surface area (Å²) in [4.78, 5) is 18.3. The molecule has 7 heteroatoms. The van der Waals surface area contributed by atoms with Gasteiger partial charge in [-0.3, -0.25) is 0 Å². The summed E-state index contributed by atoms with van der Waals surface area (Å²) in [6, 6.07) is 9.00. The summed E-state index contributed by atoms with van der Waals surface area (Å²) >= 11 is 7.38. The zero-order valence-corrected chi connectivity index (χ0v) is 15.2. The van der Waals surface area contributed by atoms with Crippen molar-refractivity contribution in [1.82, 2.24) is 9.55 Å². The highest BCUT2D eigenvalue weighted by Crippen LogP contribution is 2.34. The molecule has 1 atom stereocenters. The van der Waals surface area contributed by atoms with Crippen LogP contribution in [0.3, 0.4) is 0 Å². The van der Waals surface area contributed by atoms with E-state index in [1.807, 2.05) is 18.2 Å². The minimum absolute atomic E-state index is 0.129. The molecule has 1 aliphatic heterocycles. The van der Waals surface area contributed by atoms with Gasteiger partial charge in [0.1, 0.15) is 11.6 Å². The predicted octanol–water partition coefficient (Wildman–Crippen LogP) is 2.45. The molecule has 0 amide bonds. The van der Waals surface area contributed by atoms with E-state index in [-0.39, 0.29) is 23.0 Å². The molecule has 25 heavy (non-hydrogen) atoms. The number of rotatable bonds is 2. The van der Waals surface area contributed by atoms with Gasteiger partial charge in [-0.25, -0.2) is 14.3 Å². The largest absolute Gasteiger partial charge is 0.842 e. The van der Waals surface area contributed by atoms with Crippen LogP contribution in [-0.2, 0) is 13.5 Å². The van der Waals surface area contributed by atoms with Crippen LogP contribution in [0.25, 0.3) is 11.1 Å². The molecule has 3 aromatic rings. The van der Waals surface area contributed by atoms with Crippen LogP contribution in [0.5, 0.6) is 5.88 Å². The molecule has 0 saturated carbocycles. The fraction of sp³-hybridized carbons (Fsp3) is 0.278. The second-order valence-electron chi connectivity index (χ2n) is 6.12. The monoisotopic (exact) mass is 373 g/mol. The lowest BCUT2D eigenvalue weighted by atomic mass is 10.0. The Morgan fingerprint density at radius 1 is 1.36 bits per heavy atom. The number of hydrogen-bond donors (Lipinski definition) is 0. The van der Waals surface area contributed by atoms with Crippen LogP contribution in [0.2, 0.25) is 4.47 Å². The molecule has 1 aromatic carbocycles. The molecule has 1 aliphatic rings. The van der Waals surface area contributed by atoms with Crippen molar-refractivity contribution in [3.8, 4) is 17.0 Å². The molecule has 0 fully saturated rings. The van der Waals surface area contributed by atoms with Crippen LogP contribution < -0.4 is 15.2 Å². The van der Waals surface area contributed by atoms with Gasteiger partial charge >= 0.3 is 5.56 Å². The molecule has 0 aliphatic carbocycles. The molecule has 4 rings (SSSR count). The predicted molar refractivity (Wildman–Crippen MR) is 95.0 cm³/mol. The topological polar surface area (TPSA) is 61.8 Å². The van der Waals surface area contributed by atoms with E-state index in [0.717, 1.165) is 23.5 Å². The maximum Gasteiger partial charge on any atom is 0.345 e. The molecular weight excluding hydrogens is 358 g/mol. The van der Waals surface area contributed by atoms with Gasteiger partial charge in [-0.05, 0) is 18.4 Å². The van der Waals surface area contributed by atoms with Gasteiger partial charge in [0, 0.05) is 12.6 Å². The van der Waals surface area contributed by atoms with Crippen molar-refractivity contribution in [1.29, 1.82) is 0 Å². The number of hydrogen-bond acceptors (Lipinski definition) is 4. The van der Waals surface area contributed by atoms with Crippen molar-refractivity contribution in [3.05, 3.63) is 62.1 Å². The Morgan fingerprint density at radius 2 is 2.12 bits per heavy atom. The van der Waals surface area contributed by atoms with Crippen molar-refractivity contribution in [3.63, 3.8) is 0 Å². The Labute approximate surface area is 153 Å². The quantitative estimate of drug-likeness (QED) is 0.648. The summed E-state index contributed by atoms with van der Waals surface area (Å²) in [7, 11) is 1.74. The normalized spacial score (nSPS) is 16.6. The summed E-state index contributed by atoms with van der Waals surface area (Å²) in [6.07, 6.45) is 4.18. The number of nitrogens with zero attached hydrogens (tertiary/aromatic N) is 3. The Morgan fingerprint density at radius 3 is 2.80 bits per heavy atom. The summed E-state index contributed by atoms with van der Waals surface area (Å²) in [5, 5.41) is 12.8. The number of benzene rings is 1. The van der Waals surface area contributed by atoms with Crippen molar-refractivity contribution < 1.29 is 9.67 Å². The standard InChI is InChI=1S/C18H16ClN3O2S/c1-21-14-9-5-8-12(13-10-20-18(19)25-13)22(14)17(24)15(16(21)23)11-6-3-2-4-7-11/h2-4,6-7,10,12H,5,8-9H2,1H3. The molecule has 0 N–H and O–H groups in total. The third-order valence-electron chi connectivity index (χ3n) is 4.69. The number of thiazole rings is 1. The van der Waals surface area contributed by atoms with Crippen molar-refractivity contribution in [2.24, 2.45) is 7.05 Å². The lowest BCUT2D eigenvalue weighted by molar-refractivity contribution is -0.724. The highest BCUT2D eigenvalue weighted by molar-refractivity contribution is 7.15. The van der Waals surface area contributed by atoms with E-state index in [1.54, 1.807) is 34.5 Å². The first kappa shape index (κ1) is 16.3.